The molecule has 1 aliphatic rings. The third-order valence-corrected chi connectivity index (χ3v) is 19.1. The largest absolute Gasteiger partial charge is 0.176 e. The Bertz CT molecular complexity index is 2250. The summed E-state index contributed by atoms with van der Waals surface area (Å²) in [7, 11) is -2.80. The maximum absolute atomic E-state index is 2.80. The third-order valence-electron chi connectivity index (χ3n) is 13.9. The minimum Gasteiger partial charge on any atom is -0.0636 e. The summed E-state index contributed by atoms with van der Waals surface area (Å²) in [5.41, 5.74) is 25.2. The van der Waals surface area contributed by atoms with Crippen LogP contribution in [0.3, 0.4) is 0 Å². The molecule has 0 amide bonds. The predicted molar refractivity (Wildman–Crippen MR) is 255 cm³/mol. The van der Waals surface area contributed by atoms with Crippen LogP contribution in [0.4, 0.5) is 0 Å². The molecule has 0 heterocycles. The molecular formula is C57H64Si. The minimum atomic E-state index is -2.80. The van der Waals surface area contributed by atoms with E-state index in [1.807, 2.05) is 0 Å². The molecule has 1 unspecified atom stereocenters. The maximum atomic E-state index is 2.51. The van der Waals surface area contributed by atoms with Gasteiger partial charge in [-0.15, -0.1) is 0 Å². The second-order valence-corrected chi connectivity index (χ2v) is 21.8. The first-order chi connectivity index (χ1) is 27.6. The fourth-order valence-corrected chi connectivity index (χ4v) is 16.2. The zero-order valence-corrected chi connectivity index (χ0v) is 38.6. The SMILES string of the molecule is CC1=C(C)C(C)C([Si](c2ccc(Cc3c(C)cc(C)cc3C)cc2)(c2ccc(Cc3c(C)cc(C)cc3C)cc2)c2ccc(Cc3c(C)cc(C)cc3C)cc2)=C1C. The van der Waals surface area contributed by atoms with Gasteiger partial charge < -0.3 is 0 Å². The van der Waals surface area contributed by atoms with Gasteiger partial charge in [0.05, 0.1) is 0 Å². The first kappa shape index (κ1) is 41.2. The van der Waals surface area contributed by atoms with Gasteiger partial charge in [0, 0.05) is 0 Å². The highest BCUT2D eigenvalue weighted by Crippen LogP contribution is 2.41. The lowest BCUT2D eigenvalue weighted by Gasteiger charge is -2.39. The summed E-state index contributed by atoms with van der Waals surface area (Å²) in [6.45, 7) is 29.8. The smallest absolute Gasteiger partial charge is 0.0636 e. The molecule has 0 aromatic heterocycles. The molecule has 296 valence electrons. The van der Waals surface area contributed by atoms with Crippen LogP contribution in [0.2, 0.25) is 0 Å². The predicted octanol–water partition coefficient (Wildman–Crippen LogP) is 12.5. The Morgan fingerprint density at radius 2 is 0.621 bits per heavy atom. The van der Waals surface area contributed by atoms with E-state index in [2.05, 4.69) is 199 Å². The molecule has 1 aliphatic carbocycles. The van der Waals surface area contributed by atoms with Crippen molar-refractivity contribution in [3.8, 4) is 0 Å². The number of hydrogen-bond acceptors (Lipinski definition) is 0. The maximum Gasteiger partial charge on any atom is 0.176 e. The van der Waals surface area contributed by atoms with Crippen molar-refractivity contribution in [2.75, 3.05) is 0 Å². The molecule has 0 N–H and O–H groups in total. The first-order valence-corrected chi connectivity index (χ1v) is 23.5. The van der Waals surface area contributed by atoms with E-state index in [1.165, 1.54) is 116 Å². The van der Waals surface area contributed by atoms with Crippen LogP contribution in [0.15, 0.2) is 131 Å². The lowest BCUT2D eigenvalue weighted by molar-refractivity contribution is 0.851. The van der Waals surface area contributed by atoms with Gasteiger partial charge in [-0.1, -0.05) is 149 Å². The van der Waals surface area contributed by atoms with Gasteiger partial charge in [0.25, 0.3) is 0 Å². The quantitative estimate of drug-likeness (QED) is 0.0960. The van der Waals surface area contributed by atoms with Crippen molar-refractivity contribution in [2.45, 2.75) is 109 Å². The fraction of sp³-hybridized carbons (Fsp3) is 0.298. The average molecular weight is 777 g/mol. The number of hydrogen-bond donors (Lipinski definition) is 0. The summed E-state index contributed by atoms with van der Waals surface area (Å²) in [6.07, 6.45) is 2.84. The van der Waals surface area contributed by atoms with Gasteiger partial charge in [0.1, 0.15) is 0 Å². The zero-order chi connectivity index (χ0) is 41.6. The number of aryl methyl sites for hydroxylation is 9. The van der Waals surface area contributed by atoms with Crippen LogP contribution in [-0.4, -0.2) is 8.07 Å². The van der Waals surface area contributed by atoms with Crippen molar-refractivity contribution in [3.05, 3.63) is 215 Å². The lowest BCUT2D eigenvalue weighted by atomic mass is 9.94. The van der Waals surface area contributed by atoms with E-state index in [4.69, 9.17) is 0 Å². The molecule has 0 bridgehead atoms. The monoisotopic (exact) mass is 776 g/mol. The first-order valence-electron chi connectivity index (χ1n) is 21.5. The van der Waals surface area contributed by atoms with Crippen molar-refractivity contribution < 1.29 is 0 Å². The van der Waals surface area contributed by atoms with E-state index in [0.717, 1.165) is 19.3 Å². The summed E-state index contributed by atoms with van der Waals surface area (Å²) < 4.78 is 0. The number of rotatable bonds is 10. The van der Waals surface area contributed by atoms with Crippen LogP contribution in [-0.2, 0) is 19.3 Å². The summed E-state index contributed by atoms with van der Waals surface area (Å²) in [4.78, 5) is 0. The molecule has 0 saturated carbocycles. The molecule has 0 nitrogen and oxygen atoms in total. The molecule has 0 radical (unpaired) electrons. The van der Waals surface area contributed by atoms with E-state index in [1.54, 1.807) is 5.20 Å². The van der Waals surface area contributed by atoms with Gasteiger partial charge in [-0.2, -0.15) is 0 Å². The standard InChI is InChI=1S/C57H64Si/c1-35-26-38(4)54(39(5)27-35)32-48-14-20-51(21-15-48)58(57-46(12)44(10)45(11)47(57)13,52-22-16-49(17-23-52)33-55-40(6)28-36(2)29-41(55)7)53-24-18-50(19-25-53)34-56-42(8)30-37(3)31-43(56)9/h14-31,46H,32-34H2,1-13H3. The molecule has 0 spiro atoms. The van der Waals surface area contributed by atoms with Gasteiger partial charge in [-0.05, 0) is 196 Å². The summed E-state index contributed by atoms with van der Waals surface area (Å²) in [5.74, 6) is 0.360. The van der Waals surface area contributed by atoms with Crippen molar-refractivity contribution >= 4 is 23.6 Å². The van der Waals surface area contributed by atoms with Gasteiger partial charge >= 0.3 is 0 Å². The second kappa shape index (κ2) is 16.3. The van der Waals surface area contributed by atoms with Crippen LogP contribution < -0.4 is 15.6 Å². The summed E-state index contributed by atoms with van der Waals surface area (Å²) in [5, 5.41) is 6.03. The molecule has 6 aromatic rings. The molecule has 6 aromatic carbocycles. The molecule has 0 saturated heterocycles. The average Bonchev–Trinajstić information content (AvgIpc) is 3.36. The van der Waals surface area contributed by atoms with Crippen molar-refractivity contribution in [1.29, 1.82) is 0 Å². The molecule has 1 atom stereocenters. The van der Waals surface area contributed by atoms with E-state index < -0.39 is 8.07 Å². The van der Waals surface area contributed by atoms with Gasteiger partial charge in [-0.25, -0.2) is 0 Å². The van der Waals surface area contributed by atoms with E-state index in [0.29, 0.717) is 5.92 Å². The minimum absolute atomic E-state index is 0.360. The van der Waals surface area contributed by atoms with Gasteiger partial charge in [-0.3, -0.25) is 0 Å². The van der Waals surface area contributed by atoms with E-state index in [9.17, 15) is 0 Å². The Labute approximate surface area is 351 Å². The molecule has 0 aliphatic heterocycles. The van der Waals surface area contributed by atoms with Crippen LogP contribution in [0.25, 0.3) is 0 Å². The van der Waals surface area contributed by atoms with Gasteiger partial charge in [0.15, 0.2) is 8.07 Å². The Morgan fingerprint density at radius 1 is 0.362 bits per heavy atom. The third kappa shape index (κ3) is 7.67. The Hall–Kier alpha value is -4.98. The normalized spacial score (nSPS) is 14.5. The van der Waals surface area contributed by atoms with Crippen LogP contribution >= 0.6 is 0 Å². The van der Waals surface area contributed by atoms with Gasteiger partial charge in [0.2, 0.25) is 0 Å². The number of allylic oxidation sites excluding steroid dienone is 4. The molecule has 0 fully saturated rings. The summed E-state index contributed by atoms with van der Waals surface area (Å²) >= 11 is 0. The van der Waals surface area contributed by atoms with E-state index in [-0.39, 0.29) is 0 Å². The zero-order valence-electron chi connectivity index (χ0n) is 37.6. The molecule has 1 heteroatoms. The van der Waals surface area contributed by atoms with E-state index >= 15 is 0 Å². The highest BCUT2D eigenvalue weighted by molar-refractivity contribution is 7.16. The fourth-order valence-electron chi connectivity index (χ4n) is 10.6. The lowest BCUT2D eigenvalue weighted by Crippen LogP contribution is -2.69. The number of benzene rings is 6. The van der Waals surface area contributed by atoms with Crippen LogP contribution in [0, 0.1) is 68.2 Å². The van der Waals surface area contributed by atoms with Crippen molar-refractivity contribution in [2.24, 2.45) is 5.92 Å². The molecule has 58 heavy (non-hydrogen) atoms. The highest BCUT2D eigenvalue weighted by Gasteiger charge is 2.48. The topological polar surface area (TPSA) is 0 Å². The van der Waals surface area contributed by atoms with Crippen molar-refractivity contribution in [1.82, 2.24) is 0 Å². The van der Waals surface area contributed by atoms with Crippen LogP contribution in [0.5, 0.6) is 0 Å². The Morgan fingerprint density at radius 3 is 0.845 bits per heavy atom. The summed E-state index contributed by atoms with van der Waals surface area (Å²) in [6, 6.07) is 43.7. The Kier molecular flexibility index (Phi) is 11.6. The molecule has 7 rings (SSSR count). The van der Waals surface area contributed by atoms with Crippen molar-refractivity contribution in [3.63, 3.8) is 0 Å². The Balaban J connectivity index is 1.41. The molecular weight excluding hydrogens is 713 g/mol. The highest BCUT2D eigenvalue weighted by atomic mass is 28.3. The van der Waals surface area contributed by atoms with Crippen LogP contribution in [0.1, 0.15) is 111 Å². The second-order valence-electron chi connectivity index (χ2n) is 18.1.